The minimum absolute atomic E-state index is 0.0149. The Morgan fingerprint density at radius 1 is 1.31 bits per heavy atom. The molecule has 16 heavy (non-hydrogen) atoms. The molecule has 3 heteroatoms. The molecule has 0 N–H and O–H groups in total. The van der Waals surface area contributed by atoms with Crippen molar-refractivity contribution in [1.82, 2.24) is 4.98 Å². The number of aromatic nitrogens is 1. The van der Waals surface area contributed by atoms with E-state index in [4.69, 9.17) is 9.47 Å². The molecule has 0 fully saturated rings. The quantitative estimate of drug-likeness (QED) is 0.721. The molecule has 1 aromatic heterocycles. The highest BCUT2D eigenvalue weighted by molar-refractivity contribution is 5.37. The molecule has 2 aliphatic rings. The molecule has 0 bridgehead atoms. The molecule has 82 valence electrons. The maximum atomic E-state index is 5.82. The molecule has 0 saturated heterocycles. The fourth-order valence-electron chi connectivity index (χ4n) is 1.95. The van der Waals surface area contributed by atoms with E-state index in [1.54, 1.807) is 6.20 Å². The molecule has 0 radical (unpaired) electrons. The van der Waals surface area contributed by atoms with Crippen molar-refractivity contribution in [3.63, 3.8) is 0 Å². The summed E-state index contributed by atoms with van der Waals surface area (Å²) in [6, 6.07) is 3.73. The summed E-state index contributed by atoms with van der Waals surface area (Å²) in [5, 5.41) is 0. The maximum Gasteiger partial charge on any atom is 0.257 e. The van der Waals surface area contributed by atoms with Crippen LogP contribution in [-0.2, 0) is 0 Å². The third-order valence-corrected chi connectivity index (χ3v) is 2.78. The average Bonchev–Trinajstić information content (AvgIpc) is 2.39. The Morgan fingerprint density at radius 2 is 2.31 bits per heavy atom. The zero-order valence-electron chi connectivity index (χ0n) is 8.93. The van der Waals surface area contributed by atoms with E-state index in [-0.39, 0.29) is 6.10 Å². The van der Waals surface area contributed by atoms with Gasteiger partial charge in [0.1, 0.15) is 6.61 Å². The third-order valence-electron chi connectivity index (χ3n) is 2.78. The largest absolute Gasteiger partial charge is 0.484 e. The number of pyridine rings is 1. The predicted octanol–water partition coefficient (Wildman–Crippen LogP) is 2.50. The predicted molar refractivity (Wildman–Crippen MR) is 60.6 cm³/mol. The van der Waals surface area contributed by atoms with Gasteiger partial charge in [-0.15, -0.1) is 0 Å². The molecule has 3 rings (SSSR count). The van der Waals surface area contributed by atoms with E-state index >= 15 is 0 Å². The van der Waals surface area contributed by atoms with Gasteiger partial charge in [-0.25, -0.2) is 4.98 Å². The van der Waals surface area contributed by atoms with Crippen LogP contribution in [0.2, 0.25) is 0 Å². The van der Waals surface area contributed by atoms with Crippen molar-refractivity contribution < 1.29 is 9.47 Å². The van der Waals surface area contributed by atoms with Crippen LogP contribution in [0.15, 0.2) is 42.1 Å². The van der Waals surface area contributed by atoms with E-state index in [0.717, 1.165) is 18.6 Å². The molecule has 0 amide bonds. The molecule has 1 aromatic rings. The summed E-state index contributed by atoms with van der Waals surface area (Å²) < 4.78 is 11.4. The molecule has 2 heterocycles. The van der Waals surface area contributed by atoms with Gasteiger partial charge in [-0.2, -0.15) is 0 Å². The third kappa shape index (κ3) is 1.69. The van der Waals surface area contributed by atoms with Gasteiger partial charge in [0.05, 0.1) is 0 Å². The summed E-state index contributed by atoms with van der Waals surface area (Å²) >= 11 is 0. The summed E-state index contributed by atoms with van der Waals surface area (Å²) in [5.74, 6) is 1.33. The molecule has 3 nitrogen and oxygen atoms in total. The second kappa shape index (κ2) is 4.00. The Hall–Kier alpha value is -1.77. The lowest BCUT2D eigenvalue weighted by Crippen LogP contribution is -2.31. The molecule has 0 aromatic carbocycles. The van der Waals surface area contributed by atoms with Crippen LogP contribution < -0.4 is 9.47 Å². The van der Waals surface area contributed by atoms with Gasteiger partial charge in [0.2, 0.25) is 0 Å². The molecule has 0 spiro atoms. The lowest BCUT2D eigenvalue weighted by atomic mass is 10.0. The average molecular weight is 215 g/mol. The van der Waals surface area contributed by atoms with Crippen molar-refractivity contribution >= 4 is 0 Å². The van der Waals surface area contributed by atoms with Crippen LogP contribution >= 0.6 is 0 Å². The van der Waals surface area contributed by atoms with Gasteiger partial charge in [-0.1, -0.05) is 18.2 Å². The number of rotatable bonds is 1. The number of allylic oxidation sites excluding steroid dienone is 2. The van der Waals surface area contributed by atoms with E-state index in [0.29, 0.717) is 12.5 Å². The van der Waals surface area contributed by atoms with E-state index in [1.807, 2.05) is 12.1 Å². The van der Waals surface area contributed by atoms with Crippen LogP contribution in [0.25, 0.3) is 0 Å². The van der Waals surface area contributed by atoms with E-state index in [2.05, 4.69) is 23.2 Å². The summed E-state index contributed by atoms with van der Waals surface area (Å²) in [5.41, 5.74) is 1.20. The summed E-state index contributed by atoms with van der Waals surface area (Å²) in [7, 11) is 0. The van der Waals surface area contributed by atoms with Crippen LogP contribution in [0.1, 0.15) is 12.8 Å². The van der Waals surface area contributed by atoms with Crippen molar-refractivity contribution in [2.45, 2.75) is 18.9 Å². The number of fused-ring (bicyclic) bond motifs is 1. The molecular formula is C13H13NO2. The van der Waals surface area contributed by atoms with Crippen LogP contribution in [-0.4, -0.2) is 17.7 Å². The first-order chi connectivity index (χ1) is 7.93. The number of nitrogens with zero attached hydrogens (tertiary/aromatic N) is 1. The van der Waals surface area contributed by atoms with Crippen LogP contribution in [0, 0.1) is 0 Å². The van der Waals surface area contributed by atoms with Crippen molar-refractivity contribution in [1.29, 1.82) is 0 Å². The number of hydrogen-bond acceptors (Lipinski definition) is 3. The van der Waals surface area contributed by atoms with Crippen LogP contribution in [0.3, 0.4) is 0 Å². The highest BCUT2D eigenvalue weighted by Crippen LogP contribution is 2.31. The van der Waals surface area contributed by atoms with Gasteiger partial charge in [0.25, 0.3) is 5.88 Å². The van der Waals surface area contributed by atoms with Crippen LogP contribution in [0.4, 0.5) is 0 Å². The summed E-state index contributed by atoms with van der Waals surface area (Å²) in [6.07, 6.45) is 10.4. The Balaban J connectivity index is 1.82. The minimum atomic E-state index is -0.0149. The second-order valence-corrected chi connectivity index (χ2v) is 3.91. The second-order valence-electron chi connectivity index (χ2n) is 3.91. The summed E-state index contributed by atoms with van der Waals surface area (Å²) in [6.45, 7) is 0.564. The Labute approximate surface area is 94.4 Å². The molecule has 1 aliphatic heterocycles. The zero-order chi connectivity index (χ0) is 10.8. The summed E-state index contributed by atoms with van der Waals surface area (Å²) in [4.78, 5) is 4.17. The fraction of sp³-hybridized carbons (Fsp3) is 0.308. The smallest absolute Gasteiger partial charge is 0.257 e. The Kier molecular flexibility index (Phi) is 2.37. The van der Waals surface area contributed by atoms with E-state index < -0.39 is 0 Å². The van der Waals surface area contributed by atoms with Crippen molar-refractivity contribution in [2.75, 3.05) is 6.61 Å². The molecule has 1 unspecified atom stereocenters. The van der Waals surface area contributed by atoms with Gasteiger partial charge in [-0.3, -0.25) is 0 Å². The standard InChI is InChI=1S/C13H13NO2/c1-2-5-10(6-3-1)12-9-15-11-7-4-8-14-13(11)16-12/h2,4-8,12H,1,3,9H2. The van der Waals surface area contributed by atoms with Crippen LogP contribution in [0.5, 0.6) is 11.6 Å². The first-order valence-corrected chi connectivity index (χ1v) is 5.54. The Bertz CT molecular complexity index is 451. The van der Waals surface area contributed by atoms with E-state index in [9.17, 15) is 0 Å². The lowest BCUT2D eigenvalue weighted by Gasteiger charge is -2.26. The van der Waals surface area contributed by atoms with Gasteiger partial charge >= 0.3 is 0 Å². The normalized spacial score (nSPS) is 22.8. The highest BCUT2D eigenvalue weighted by Gasteiger charge is 2.24. The van der Waals surface area contributed by atoms with E-state index in [1.165, 1.54) is 5.57 Å². The van der Waals surface area contributed by atoms with Gasteiger partial charge in [0, 0.05) is 6.20 Å². The molecule has 1 aliphatic carbocycles. The first-order valence-electron chi connectivity index (χ1n) is 5.54. The molecule has 1 atom stereocenters. The minimum Gasteiger partial charge on any atom is -0.484 e. The van der Waals surface area contributed by atoms with Gasteiger partial charge in [-0.05, 0) is 30.5 Å². The van der Waals surface area contributed by atoms with Crippen molar-refractivity contribution in [3.8, 4) is 11.6 Å². The number of ether oxygens (including phenoxy) is 2. The van der Waals surface area contributed by atoms with Gasteiger partial charge in [0.15, 0.2) is 11.9 Å². The first kappa shape index (κ1) is 9.46. The van der Waals surface area contributed by atoms with Crippen molar-refractivity contribution in [2.24, 2.45) is 0 Å². The Morgan fingerprint density at radius 3 is 3.19 bits per heavy atom. The highest BCUT2D eigenvalue weighted by atomic mass is 16.6. The fourth-order valence-corrected chi connectivity index (χ4v) is 1.95. The SMILES string of the molecule is C1=CC(C2COc3cccnc3O2)=CCC1. The lowest BCUT2D eigenvalue weighted by molar-refractivity contribution is 0.110. The monoisotopic (exact) mass is 215 g/mol. The zero-order valence-corrected chi connectivity index (χ0v) is 8.93. The molecule has 0 saturated carbocycles. The number of hydrogen-bond donors (Lipinski definition) is 0. The van der Waals surface area contributed by atoms with Gasteiger partial charge < -0.3 is 9.47 Å². The maximum absolute atomic E-state index is 5.82. The topological polar surface area (TPSA) is 31.4 Å². The van der Waals surface area contributed by atoms with Crippen molar-refractivity contribution in [3.05, 3.63) is 42.1 Å². The molecular weight excluding hydrogens is 202 g/mol.